The Hall–Kier alpha value is -2.68. The fourth-order valence-electron chi connectivity index (χ4n) is 5.24. The molecule has 1 saturated heterocycles. The van der Waals surface area contributed by atoms with Gasteiger partial charge >= 0.3 is 11.9 Å². The minimum absolute atomic E-state index is 0.394. The zero-order valence-electron chi connectivity index (χ0n) is 19.8. The molecular weight excluding hydrogens is 450 g/mol. The normalized spacial score (nSPS) is 17.3. The molecule has 0 unspecified atom stereocenters. The van der Waals surface area contributed by atoms with E-state index in [9.17, 15) is 27.2 Å². The number of nitrogens with zero attached hydrogens (tertiary/aromatic N) is 2. The summed E-state index contributed by atoms with van der Waals surface area (Å²) < 4.78 is 55.9. The summed E-state index contributed by atoms with van der Waals surface area (Å²) in [5, 5.41) is 0. The molecule has 9 heteroatoms. The van der Waals surface area contributed by atoms with E-state index in [4.69, 9.17) is 0 Å². The summed E-state index contributed by atoms with van der Waals surface area (Å²) in [5.41, 5.74) is -1.52. The van der Waals surface area contributed by atoms with Gasteiger partial charge in [0, 0.05) is 28.8 Å². The number of nitrogens with one attached hydrogen (secondary N) is 1. The van der Waals surface area contributed by atoms with Crippen LogP contribution in [0.1, 0.15) is 62.4 Å². The van der Waals surface area contributed by atoms with E-state index < -0.39 is 46.3 Å². The average molecular weight is 482 g/mol. The van der Waals surface area contributed by atoms with Gasteiger partial charge in [-0.2, -0.15) is 13.2 Å². The lowest BCUT2D eigenvalue weighted by Crippen LogP contribution is -2.45. The highest BCUT2D eigenvalue weighted by Gasteiger charge is 2.45. The van der Waals surface area contributed by atoms with Crippen molar-refractivity contribution >= 4 is 0 Å². The highest BCUT2D eigenvalue weighted by atomic mass is 19.4. The van der Waals surface area contributed by atoms with Gasteiger partial charge in [-0.15, -0.1) is 0 Å². The Morgan fingerprint density at radius 1 is 1.15 bits per heavy atom. The predicted octanol–water partition coefficient (Wildman–Crippen LogP) is 4.62. The van der Waals surface area contributed by atoms with Gasteiger partial charge in [0.25, 0.3) is 5.56 Å². The van der Waals surface area contributed by atoms with Gasteiger partial charge in [0.15, 0.2) is 0 Å². The van der Waals surface area contributed by atoms with E-state index in [1.165, 1.54) is 0 Å². The van der Waals surface area contributed by atoms with Crippen LogP contribution in [0.2, 0.25) is 0 Å². The third-order valence-electron chi connectivity index (χ3n) is 6.72. The van der Waals surface area contributed by atoms with Crippen molar-refractivity contribution in [3.05, 3.63) is 79.4 Å². The first-order valence-corrected chi connectivity index (χ1v) is 11.6. The van der Waals surface area contributed by atoms with Crippen LogP contribution in [0.4, 0.5) is 17.6 Å². The van der Waals surface area contributed by atoms with E-state index in [0.29, 0.717) is 36.9 Å². The van der Waals surface area contributed by atoms with E-state index in [-0.39, 0.29) is 0 Å². The van der Waals surface area contributed by atoms with Crippen molar-refractivity contribution in [3.8, 4) is 0 Å². The third-order valence-corrected chi connectivity index (χ3v) is 6.72. The lowest BCUT2D eigenvalue weighted by Gasteiger charge is -2.39. The van der Waals surface area contributed by atoms with Crippen LogP contribution < -0.4 is 11.2 Å². The zero-order chi connectivity index (χ0) is 25.3. The van der Waals surface area contributed by atoms with Gasteiger partial charge in [0.05, 0.1) is 12.1 Å². The molecule has 0 atom stereocenters. The molecule has 186 valence electrons. The minimum Gasteiger partial charge on any atom is -0.299 e. The largest absolute Gasteiger partial charge is 0.416 e. The van der Waals surface area contributed by atoms with E-state index in [1.807, 2.05) is 20.8 Å². The van der Waals surface area contributed by atoms with Gasteiger partial charge < -0.3 is 0 Å². The summed E-state index contributed by atoms with van der Waals surface area (Å²) in [6.45, 7) is 11.6. The summed E-state index contributed by atoms with van der Waals surface area (Å²) in [6, 6.07) is 2.74. The van der Waals surface area contributed by atoms with Gasteiger partial charge in [0.1, 0.15) is 5.82 Å². The maximum atomic E-state index is 14.4. The van der Waals surface area contributed by atoms with Gasteiger partial charge in [-0.1, -0.05) is 32.1 Å². The standard InChI is InChI=1S/C23H25F4N3O2.C2H6/c1-14(2)12-29-10-8-22(9-11-29)7-6-18-19(22)20(31)28-21(32)30(18)13-15-16(23(25,26)27)4-3-5-17(15)24;1-2/h3-5H,1,6-13H2,2H3,(H,28,31,32);1-2H3. The first kappa shape index (κ1) is 25.9. The minimum atomic E-state index is -4.76. The van der Waals surface area contributed by atoms with Crippen molar-refractivity contribution in [2.45, 2.75) is 64.6 Å². The Morgan fingerprint density at radius 2 is 1.79 bits per heavy atom. The van der Waals surface area contributed by atoms with E-state index in [1.54, 1.807) is 0 Å². The number of H-pyrrole nitrogens is 1. The number of halogens is 4. The number of benzene rings is 1. The van der Waals surface area contributed by atoms with Crippen LogP contribution in [0.5, 0.6) is 0 Å². The van der Waals surface area contributed by atoms with Crippen LogP contribution in [0.3, 0.4) is 0 Å². The molecule has 0 amide bonds. The molecule has 5 nitrogen and oxygen atoms in total. The van der Waals surface area contributed by atoms with Crippen LogP contribution in [0.15, 0.2) is 39.9 Å². The maximum Gasteiger partial charge on any atom is 0.416 e. The van der Waals surface area contributed by atoms with Crippen LogP contribution in [0, 0.1) is 5.82 Å². The number of aromatic amines is 1. The molecule has 1 aliphatic carbocycles. The highest BCUT2D eigenvalue weighted by Crippen LogP contribution is 2.44. The van der Waals surface area contributed by atoms with Crippen LogP contribution in [0.25, 0.3) is 0 Å². The van der Waals surface area contributed by atoms with E-state index in [2.05, 4.69) is 16.5 Å². The van der Waals surface area contributed by atoms with Gasteiger partial charge in [-0.05, 0) is 57.8 Å². The lowest BCUT2D eigenvalue weighted by atomic mass is 9.74. The van der Waals surface area contributed by atoms with E-state index >= 15 is 0 Å². The lowest BCUT2D eigenvalue weighted by molar-refractivity contribution is -0.138. The third kappa shape index (κ3) is 4.89. The fourth-order valence-corrected chi connectivity index (χ4v) is 5.24. The molecule has 0 bridgehead atoms. The van der Waals surface area contributed by atoms with Gasteiger partial charge in [-0.3, -0.25) is 19.2 Å². The zero-order valence-corrected chi connectivity index (χ0v) is 19.8. The second kappa shape index (κ2) is 9.90. The summed E-state index contributed by atoms with van der Waals surface area (Å²) in [6.07, 6.45) is -2.31. The smallest absolute Gasteiger partial charge is 0.299 e. The summed E-state index contributed by atoms with van der Waals surface area (Å²) in [4.78, 5) is 29.9. The quantitative estimate of drug-likeness (QED) is 0.512. The molecule has 1 fully saturated rings. The number of fused-ring (bicyclic) bond motifs is 2. The molecule has 1 aromatic heterocycles. The van der Waals surface area contributed by atoms with Crippen LogP contribution in [-0.4, -0.2) is 34.1 Å². The fraction of sp³-hybridized carbons (Fsp3) is 0.520. The molecule has 1 N–H and O–H groups in total. The summed E-state index contributed by atoms with van der Waals surface area (Å²) in [7, 11) is 0. The first-order chi connectivity index (χ1) is 16.0. The maximum absolute atomic E-state index is 14.4. The second-order valence-corrected chi connectivity index (χ2v) is 8.94. The first-order valence-electron chi connectivity index (χ1n) is 11.6. The molecule has 1 aromatic carbocycles. The number of likely N-dealkylation sites (tertiary alicyclic amines) is 1. The Labute approximate surface area is 196 Å². The number of hydrogen-bond acceptors (Lipinski definition) is 3. The highest BCUT2D eigenvalue weighted by molar-refractivity contribution is 5.37. The Balaban J connectivity index is 0.00000158. The van der Waals surface area contributed by atoms with Crippen molar-refractivity contribution in [1.29, 1.82) is 0 Å². The van der Waals surface area contributed by atoms with Crippen molar-refractivity contribution in [1.82, 2.24) is 14.5 Å². The molecule has 0 saturated carbocycles. The second-order valence-electron chi connectivity index (χ2n) is 8.94. The van der Waals surface area contributed by atoms with Gasteiger partial charge in [-0.25, -0.2) is 9.18 Å². The van der Waals surface area contributed by atoms with Crippen molar-refractivity contribution in [2.75, 3.05) is 19.6 Å². The summed E-state index contributed by atoms with van der Waals surface area (Å²) >= 11 is 0. The van der Waals surface area contributed by atoms with Gasteiger partial charge in [0.2, 0.25) is 0 Å². The molecule has 1 spiro atoms. The van der Waals surface area contributed by atoms with E-state index in [0.717, 1.165) is 48.0 Å². The summed E-state index contributed by atoms with van der Waals surface area (Å²) in [5.74, 6) is -1.03. The van der Waals surface area contributed by atoms with Crippen LogP contribution in [-0.2, 0) is 24.6 Å². The monoisotopic (exact) mass is 481 g/mol. The number of hydrogen-bond donors (Lipinski definition) is 1. The Kier molecular flexibility index (Phi) is 7.55. The topological polar surface area (TPSA) is 58.1 Å². The average Bonchev–Trinajstić information content (AvgIpc) is 3.13. The Morgan fingerprint density at radius 3 is 2.38 bits per heavy atom. The molecule has 0 radical (unpaired) electrons. The molecule has 34 heavy (non-hydrogen) atoms. The molecule has 4 rings (SSSR count). The van der Waals surface area contributed by atoms with Crippen LogP contribution >= 0.6 is 0 Å². The molecule has 1 aliphatic heterocycles. The molecule has 2 aromatic rings. The molecular formula is C25H31F4N3O2. The molecule has 2 heterocycles. The number of aromatic nitrogens is 2. The van der Waals surface area contributed by atoms with Crippen molar-refractivity contribution < 1.29 is 17.6 Å². The molecule has 2 aliphatic rings. The number of rotatable bonds is 4. The Bertz CT molecular complexity index is 1170. The predicted molar refractivity (Wildman–Crippen MR) is 124 cm³/mol. The SMILES string of the molecule is C=C(C)CN1CCC2(CCc3c2c(=O)[nH]c(=O)n3Cc2c(F)cccc2C(F)(F)F)CC1.CC. The number of piperidine rings is 1. The van der Waals surface area contributed by atoms with Crippen molar-refractivity contribution in [2.24, 2.45) is 0 Å². The number of alkyl halides is 3. The van der Waals surface area contributed by atoms with Crippen molar-refractivity contribution in [3.63, 3.8) is 0 Å².